The summed E-state index contributed by atoms with van der Waals surface area (Å²) in [5.41, 5.74) is 1.57. The van der Waals surface area contributed by atoms with Crippen LogP contribution in [-0.2, 0) is 10.8 Å². The van der Waals surface area contributed by atoms with Crippen LogP contribution in [0.25, 0.3) is 11.4 Å². The van der Waals surface area contributed by atoms with Gasteiger partial charge in [0.15, 0.2) is 0 Å². The van der Waals surface area contributed by atoms with Gasteiger partial charge in [-0.25, -0.2) is 4.98 Å². The molecule has 1 atom stereocenters. The standard InChI is InChI=1S/C12H12N2OS/c1-2-16(15)12-8-5-7-11(14-12)10-6-3-4-9-13-10/h3-9H,2H2,1H3/t16-/m0/s1. The number of aromatic nitrogens is 2. The molecule has 0 aromatic carbocycles. The third-order valence-electron chi connectivity index (χ3n) is 2.15. The molecule has 0 bridgehead atoms. The van der Waals surface area contributed by atoms with Gasteiger partial charge in [0.1, 0.15) is 5.03 Å². The van der Waals surface area contributed by atoms with Gasteiger partial charge >= 0.3 is 0 Å². The van der Waals surface area contributed by atoms with Gasteiger partial charge in [0.2, 0.25) is 0 Å². The van der Waals surface area contributed by atoms with Gasteiger partial charge in [-0.15, -0.1) is 0 Å². The number of rotatable bonds is 3. The molecule has 0 N–H and O–H groups in total. The summed E-state index contributed by atoms with van der Waals surface area (Å²) < 4.78 is 11.6. The van der Waals surface area contributed by atoms with Gasteiger partial charge in [-0.2, -0.15) is 0 Å². The van der Waals surface area contributed by atoms with Crippen LogP contribution < -0.4 is 0 Å². The van der Waals surface area contributed by atoms with Crippen molar-refractivity contribution in [3.63, 3.8) is 0 Å². The molecule has 0 saturated heterocycles. The maximum absolute atomic E-state index is 11.6. The average Bonchev–Trinajstić information content (AvgIpc) is 2.39. The lowest BCUT2D eigenvalue weighted by molar-refractivity contribution is 0.681. The Hall–Kier alpha value is -1.55. The monoisotopic (exact) mass is 232 g/mol. The SMILES string of the molecule is CC[S@](=O)c1cccc(-c2ccccn2)n1. The topological polar surface area (TPSA) is 42.9 Å². The lowest BCUT2D eigenvalue weighted by Gasteiger charge is -2.02. The maximum Gasteiger partial charge on any atom is 0.128 e. The fourth-order valence-electron chi connectivity index (χ4n) is 1.35. The van der Waals surface area contributed by atoms with E-state index in [4.69, 9.17) is 0 Å². The molecule has 0 aliphatic rings. The average molecular weight is 232 g/mol. The lowest BCUT2D eigenvalue weighted by Crippen LogP contribution is -1.98. The Bertz CT molecular complexity index is 499. The molecule has 0 aliphatic carbocycles. The summed E-state index contributed by atoms with van der Waals surface area (Å²) in [5.74, 6) is 0.582. The van der Waals surface area contributed by atoms with Crippen LogP contribution in [0.4, 0.5) is 0 Å². The zero-order valence-electron chi connectivity index (χ0n) is 8.96. The molecule has 2 aromatic rings. The molecule has 4 heteroatoms. The highest BCUT2D eigenvalue weighted by Gasteiger charge is 2.05. The van der Waals surface area contributed by atoms with Crippen molar-refractivity contribution in [2.24, 2.45) is 0 Å². The second-order valence-corrected chi connectivity index (χ2v) is 4.90. The highest BCUT2D eigenvalue weighted by atomic mass is 32.2. The first kappa shape index (κ1) is 11.0. The van der Waals surface area contributed by atoms with Crippen LogP contribution in [0.3, 0.4) is 0 Å². The summed E-state index contributed by atoms with van der Waals surface area (Å²) in [4.78, 5) is 8.56. The third-order valence-corrected chi connectivity index (χ3v) is 3.36. The highest BCUT2D eigenvalue weighted by molar-refractivity contribution is 7.84. The molecule has 82 valence electrons. The van der Waals surface area contributed by atoms with Crippen molar-refractivity contribution in [2.45, 2.75) is 11.9 Å². The maximum atomic E-state index is 11.6. The van der Waals surface area contributed by atoms with Gasteiger partial charge in [-0.3, -0.25) is 9.19 Å². The molecule has 0 fully saturated rings. The van der Waals surface area contributed by atoms with E-state index in [-0.39, 0.29) is 0 Å². The summed E-state index contributed by atoms with van der Waals surface area (Å²) in [6.45, 7) is 1.88. The number of hydrogen-bond donors (Lipinski definition) is 0. The van der Waals surface area contributed by atoms with Gasteiger partial charge in [0.25, 0.3) is 0 Å². The van der Waals surface area contributed by atoms with Crippen LogP contribution in [-0.4, -0.2) is 19.9 Å². The fraction of sp³-hybridized carbons (Fsp3) is 0.167. The summed E-state index contributed by atoms with van der Waals surface area (Å²) in [6, 6.07) is 11.2. The van der Waals surface area contributed by atoms with Gasteiger partial charge in [-0.05, 0) is 24.3 Å². The fourth-order valence-corrected chi connectivity index (χ4v) is 2.07. The summed E-state index contributed by atoms with van der Waals surface area (Å²) in [7, 11) is -1.01. The normalized spacial score (nSPS) is 12.3. The van der Waals surface area contributed by atoms with Crippen LogP contribution in [0.1, 0.15) is 6.92 Å². The molecule has 3 nitrogen and oxygen atoms in total. The zero-order valence-corrected chi connectivity index (χ0v) is 9.78. The van der Waals surface area contributed by atoms with Crippen molar-refractivity contribution >= 4 is 10.8 Å². The van der Waals surface area contributed by atoms with Crippen LogP contribution in [0.5, 0.6) is 0 Å². The quantitative estimate of drug-likeness (QED) is 0.815. The van der Waals surface area contributed by atoms with Crippen molar-refractivity contribution in [3.8, 4) is 11.4 Å². The lowest BCUT2D eigenvalue weighted by atomic mass is 10.2. The van der Waals surface area contributed by atoms with Gasteiger partial charge in [-0.1, -0.05) is 19.1 Å². The minimum Gasteiger partial charge on any atom is -0.255 e. The molecule has 0 radical (unpaired) electrons. The second kappa shape index (κ2) is 4.99. The van der Waals surface area contributed by atoms with Gasteiger partial charge in [0, 0.05) is 11.9 Å². The predicted molar refractivity (Wildman–Crippen MR) is 64.4 cm³/mol. The first-order valence-corrected chi connectivity index (χ1v) is 6.40. The number of nitrogens with zero attached hydrogens (tertiary/aromatic N) is 2. The summed E-state index contributed by atoms with van der Waals surface area (Å²) >= 11 is 0. The van der Waals surface area contributed by atoms with E-state index in [1.54, 1.807) is 12.3 Å². The summed E-state index contributed by atoms with van der Waals surface area (Å²) in [5, 5.41) is 0.616. The Morgan fingerprint density at radius 3 is 2.62 bits per heavy atom. The first-order chi connectivity index (χ1) is 7.81. The molecule has 0 aliphatic heterocycles. The van der Waals surface area contributed by atoms with Crippen molar-refractivity contribution < 1.29 is 4.21 Å². The van der Waals surface area contributed by atoms with E-state index in [0.29, 0.717) is 10.8 Å². The van der Waals surface area contributed by atoms with Crippen molar-refractivity contribution in [2.75, 3.05) is 5.75 Å². The Morgan fingerprint density at radius 1 is 1.12 bits per heavy atom. The van der Waals surface area contributed by atoms with Gasteiger partial charge in [0.05, 0.1) is 22.2 Å². The van der Waals surface area contributed by atoms with Crippen LogP contribution >= 0.6 is 0 Å². The van der Waals surface area contributed by atoms with Crippen LogP contribution in [0, 0.1) is 0 Å². The van der Waals surface area contributed by atoms with E-state index in [1.165, 1.54) is 0 Å². The Kier molecular flexibility index (Phi) is 3.41. The van der Waals surface area contributed by atoms with E-state index in [9.17, 15) is 4.21 Å². The molecule has 0 spiro atoms. The van der Waals surface area contributed by atoms with Crippen LogP contribution in [0.15, 0.2) is 47.6 Å². The predicted octanol–water partition coefficient (Wildman–Crippen LogP) is 2.27. The van der Waals surface area contributed by atoms with Crippen molar-refractivity contribution in [1.29, 1.82) is 0 Å². The van der Waals surface area contributed by atoms with Crippen molar-refractivity contribution in [3.05, 3.63) is 42.6 Å². The molecule has 0 unspecified atom stereocenters. The highest BCUT2D eigenvalue weighted by Crippen LogP contribution is 2.15. The minimum absolute atomic E-state index is 0.582. The Balaban J connectivity index is 2.40. The second-order valence-electron chi connectivity index (χ2n) is 3.21. The van der Waals surface area contributed by atoms with E-state index in [2.05, 4.69) is 9.97 Å². The van der Waals surface area contributed by atoms with Crippen LogP contribution in [0.2, 0.25) is 0 Å². The molecule has 0 amide bonds. The van der Waals surface area contributed by atoms with Crippen molar-refractivity contribution in [1.82, 2.24) is 9.97 Å². The largest absolute Gasteiger partial charge is 0.255 e. The third kappa shape index (κ3) is 2.33. The molecule has 0 saturated carbocycles. The number of pyridine rings is 2. The van der Waals surface area contributed by atoms with E-state index in [0.717, 1.165) is 11.4 Å². The Labute approximate surface area is 97.0 Å². The van der Waals surface area contributed by atoms with E-state index >= 15 is 0 Å². The number of hydrogen-bond acceptors (Lipinski definition) is 3. The molecule has 16 heavy (non-hydrogen) atoms. The smallest absolute Gasteiger partial charge is 0.128 e. The molecule has 2 heterocycles. The van der Waals surface area contributed by atoms with Gasteiger partial charge < -0.3 is 0 Å². The molecular formula is C12H12N2OS. The van der Waals surface area contributed by atoms with E-state index in [1.807, 2.05) is 37.3 Å². The first-order valence-electron chi connectivity index (χ1n) is 5.08. The van der Waals surface area contributed by atoms with E-state index < -0.39 is 10.8 Å². The zero-order chi connectivity index (χ0) is 11.4. The summed E-state index contributed by atoms with van der Waals surface area (Å²) in [6.07, 6.45) is 1.72. The molecule has 2 aromatic heterocycles. The molecular weight excluding hydrogens is 220 g/mol. The molecule has 2 rings (SSSR count). The minimum atomic E-state index is -1.01. The Morgan fingerprint density at radius 2 is 1.94 bits per heavy atom.